The summed E-state index contributed by atoms with van der Waals surface area (Å²) in [4.78, 5) is 17.7. The van der Waals surface area contributed by atoms with Crippen molar-refractivity contribution < 1.29 is 9.53 Å². The molecule has 0 fully saturated rings. The summed E-state index contributed by atoms with van der Waals surface area (Å²) >= 11 is 1.69. The molecule has 0 bridgehead atoms. The van der Waals surface area contributed by atoms with Crippen LogP contribution in [0.5, 0.6) is 0 Å². The number of aryl methyl sites for hydroxylation is 1. The molecule has 0 radical (unpaired) electrons. The zero-order chi connectivity index (χ0) is 18.4. The third-order valence-electron chi connectivity index (χ3n) is 3.95. The van der Waals surface area contributed by atoms with E-state index in [9.17, 15) is 4.79 Å². The predicted octanol–water partition coefficient (Wildman–Crippen LogP) is 6.13. The molecule has 2 aromatic carbocycles. The third-order valence-corrected chi connectivity index (χ3v) is 4.97. The van der Waals surface area contributed by atoms with Gasteiger partial charge in [0.15, 0.2) is 0 Å². The first kappa shape index (κ1) is 18.1. The minimum absolute atomic E-state index is 0.414. The molecule has 1 amide bonds. The number of nitrogens with one attached hydrogen (secondary N) is 1. The van der Waals surface area contributed by atoms with Gasteiger partial charge in [0.2, 0.25) is 0 Å². The number of amides is 1. The van der Waals surface area contributed by atoms with Crippen molar-refractivity contribution in [2.24, 2.45) is 0 Å². The van der Waals surface area contributed by atoms with Crippen LogP contribution >= 0.6 is 11.3 Å². The first-order valence-electron chi connectivity index (χ1n) is 8.74. The monoisotopic (exact) mass is 366 g/mol. The summed E-state index contributed by atoms with van der Waals surface area (Å²) in [6.07, 6.45) is 1.46. The Morgan fingerprint density at radius 3 is 2.50 bits per heavy atom. The first-order chi connectivity index (χ1) is 12.7. The number of thiazole rings is 1. The average molecular weight is 366 g/mol. The van der Waals surface area contributed by atoms with Crippen LogP contribution in [0.2, 0.25) is 0 Å². The number of nitrogens with zero attached hydrogens (tertiary/aromatic N) is 1. The van der Waals surface area contributed by atoms with Crippen molar-refractivity contribution in [3.8, 4) is 21.8 Å². The van der Waals surface area contributed by atoms with Gasteiger partial charge in [0.1, 0.15) is 5.01 Å². The highest BCUT2D eigenvalue weighted by molar-refractivity contribution is 7.15. The Morgan fingerprint density at radius 2 is 1.81 bits per heavy atom. The lowest BCUT2D eigenvalue weighted by molar-refractivity contribution is 0.160. The number of carbonyl (C=O) groups excluding carboxylic acids is 1. The van der Waals surface area contributed by atoms with E-state index in [2.05, 4.69) is 31.3 Å². The molecule has 0 atom stereocenters. The van der Waals surface area contributed by atoms with Crippen LogP contribution in [0.4, 0.5) is 10.5 Å². The van der Waals surface area contributed by atoms with Crippen molar-refractivity contribution in [1.82, 2.24) is 4.98 Å². The van der Waals surface area contributed by atoms with Gasteiger partial charge in [-0.05, 0) is 25.5 Å². The van der Waals surface area contributed by atoms with E-state index in [0.717, 1.165) is 34.7 Å². The molecule has 0 saturated heterocycles. The molecule has 5 heteroatoms. The zero-order valence-corrected chi connectivity index (χ0v) is 15.8. The maximum atomic E-state index is 11.7. The fourth-order valence-corrected chi connectivity index (χ4v) is 3.48. The zero-order valence-electron chi connectivity index (χ0n) is 15.0. The number of hydrogen-bond donors (Lipinski definition) is 1. The van der Waals surface area contributed by atoms with E-state index in [1.807, 2.05) is 42.5 Å². The Hall–Kier alpha value is -2.66. The summed E-state index contributed by atoms with van der Waals surface area (Å²) in [6, 6.07) is 17.9. The van der Waals surface area contributed by atoms with Crippen LogP contribution in [0.25, 0.3) is 21.8 Å². The van der Waals surface area contributed by atoms with Crippen LogP contribution in [-0.2, 0) is 4.74 Å². The van der Waals surface area contributed by atoms with Crippen molar-refractivity contribution in [1.29, 1.82) is 0 Å². The summed E-state index contributed by atoms with van der Waals surface area (Å²) in [5.74, 6) is 0. The lowest BCUT2D eigenvalue weighted by Gasteiger charge is -2.07. The second kappa shape index (κ2) is 8.63. The van der Waals surface area contributed by atoms with E-state index in [-0.39, 0.29) is 0 Å². The Morgan fingerprint density at radius 1 is 1.08 bits per heavy atom. The highest BCUT2D eigenvalue weighted by atomic mass is 32.1. The number of anilines is 1. The number of hydrogen-bond acceptors (Lipinski definition) is 4. The molecule has 0 aliphatic rings. The Bertz CT molecular complexity index is 857. The molecule has 0 spiro atoms. The van der Waals surface area contributed by atoms with Gasteiger partial charge >= 0.3 is 6.09 Å². The lowest BCUT2D eigenvalue weighted by atomic mass is 10.1. The largest absolute Gasteiger partial charge is 0.449 e. The van der Waals surface area contributed by atoms with Crippen LogP contribution in [0.3, 0.4) is 0 Å². The molecule has 0 unspecified atom stereocenters. The van der Waals surface area contributed by atoms with Crippen molar-refractivity contribution in [2.75, 3.05) is 11.9 Å². The van der Waals surface area contributed by atoms with Gasteiger partial charge in [-0.25, -0.2) is 9.78 Å². The molecule has 0 aliphatic heterocycles. The molecule has 26 heavy (non-hydrogen) atoms. The summed E-state index contributed by atoms with van der Waals surface area (Å²) in [7, 11) is 0. The molecule has 134 valence electrons. The SMILES string of the molecule is CCCCOC(=O)Nc1ccc(-c2nc(-c3ccccc3)sc2C)cc1. The van der Waals surface area contributed by atoms with E-state index in [4.69, 9.17) is 9.72 Å². The second-order valence-corrected chi connectivity index (χ2v) is 7.18. The van der Waals surface area contributed by atoms with Crippen LogP contribution in [0.15, 0.2) is 54.6 Å². The van der Waals surface area contributed by atoms with E-state index < -0.39 is 6.09 Å². The van der Waals surface area contributed by atoms with Crippen LogP contribution in [0, 0.1) is 6.92 Å². The highest BCUT2D eigenvalue weighted by Gasteiger charge is 2.11. The van der Waals surface area contributed by atoms with Gasteiger partial charge in [0.05, 0.1) is 12.3 Å². The highest BCUT2D eigenvalue weighted by Crippen LogP contribution is 2.33. The molecule has 0 aliphatic carbocycles. The van der Waals surface area contributed by atoms with Crippen molar-refractivity contribution in [3.63, 3.8) is 0 Å². The smallest absolute Gasteiger partial charge is 0.411 e. The Kier molecular flexibility index (Phi) is 6.02. The summed E-state index contributed by atoms with van der Waals surface area (Å²) in [5, 5.41) is 3.76. The topological polar surface area (TPSA) is 51.2 Å². The van der Waals surface area contributed by atoms with Gasteiger partial charge in [-0.1, -0.05) is 55.8 Å². The maximum absolute atomic E-state index is 11.7. The fourth-order valence-electron chi connectivity index (χ4n) is 2.54. The number of unbranched alkanes of at least 4 members (excludes halogenated alkanes) is 1. The maximum Gasteiger partial charge on any atom is 0.411 e. The molecule has 1 aromatic heterocycles. The van der Waals surface area contributed by atoms with E-state index >= 15 is 0 Å². The van der Waals surface area contributed by atoms with Gasteiger partial charge in [0.25, 0.3) is 0 Å². The van der Waals surface area contributed by atoms with Crippen molar-refractivity contribution in [3.05, 3.63) is 59.5 Å². The average Bonchev–Trinajstić information content (AvgIpc) is 3.05. The Labute approximate surface area is 157 Å². The minimum Gasteiger partial charge on any atom is -0.449 e. The standard InChI is InChI=1S/C21H22N2O2S/c1-3-4-14-25-21(24)22-18-12-10-16(11-13-18)19-15(2)26-20(23-19)17-8-6-5-7-9-17/h5-13H,3-4,14H2,1-2H3,(H,22,24). The minimum atomic E-state index is -0.414. The number of carbonyl (C=O) groups is 1. The third kappa shape index (κ3) is 4.49. The molecular weight excluding hydrogens is 344 g/mol. The lowest BCUT2D eigenvalue weighted by Crippen LogP contribution is -2.14. The molecule has 3 rings (SSSR count). The molecule has 4 nitrogen and oxygen atoms in total. The van der Waals surface area contributed by atoms with Crippen LogP contribution in [0.1, 0.15) is 24.6 Å². The number of benzene rings is 2. The van der Waals surface area contributed by atoms with E-state index in [1.54, 1.807) is 11.3 Å². The molecular formula is C21H22N2O2S. The van der Waals surface area contributed by atoms with Gasteiger partial charge in [-0.2, -0.15) is 0 Å². The normalized spacial score (nSPS) is 10.5. The second-order valence-electron chi connectivity index (χ2n) is 5.98. The number of rotatable bonds is 6. The summed E-state index contributed by atoms with van der Waals surface area (Å²) < 4.78 is 5.11. The Balaban J connectivity index is 1.71. The van der Waals surface area contributed by atoms with Gasteiger partial charge in [-0.3, -0.25) is 5.32 Å². The van der Waals surface area contributed by atoms with Crippen molar-refractivity contribution in [2.45, 2.75) is 26.7 Å². The number of aromatic nitrogens is 1. The molecule has 1 N–H and O–H groups in total. The predicted molar refractivity (Wildman–Crippen MR) is 108 cm³/mol. The van der Waals surface area contributed by atoms with Crippen LogP contribution in [-0.4, -0.2) is 17.7 Å². The summed E-state index contributed by atoms with van der Waals surface area (Å²) in [6.45, 7) is 4.58. The fraction of sp³-hybridized carbons (Fsp3) is 0.238. The van der Waals surface area contributed by atoms with Gasteiger partial charge < -0.3 is 4.74 Å². The molecule has 0 saturated carbocycles. The quantitative estimate of drug-likeness (QED) is 0.534. The van der Waals surface area contributed by atoms with Crippen molar-refractivity contribution >= 4 is 23.1 Å². The number of ether oxygens (including phenoxy) is 1. The first-order valence-corrected chi connectivity index (χ1v) is 9.56. The van der Waals surface area contributed by atoms with E-state index in [0.29, 0.717) is 12.3 Å². The molecule has 1 heterocycles. The summed E-state index contributed by atoms with van der Waals surface area (Å²) in [5.41, 5.74) is 3.85. The van der Waals surface area contributed by atoms with Crippen LogP contribution < -0.4 is 5.32 Å². The van der Waals surface area contributed by atoms with Gasteiger partial charge in [0, 0.05) is 21.7 Å². The van der Waals surface area contributed by atoms with Gasteiger partial charge in [-0.15, -0.1) is 11.3 Å². The van der Waals surface area contributed by atoms with E-state index in [1.165, 1.54) is 4.88 Å². The molecule has 3 aromatic rings.